The highest BCUT2D eigenvalue weighted by molar-refractivity contribution is 5.79. The van der Waals surface area contributed by atoms with Crippen molar-refractivity contribution in [3.63, 3.8) is 0 Å². The summed E-state index contributed by atoms with van der Waals surface area (Å²) in [7, 11) is 1.74. The molecule has 2 aromatic carbocycles. The van der Waals surface area contributed by atoms with E-state index < -0.39 is 0 Å². The fourth-order valence-electron chi connectivity index (χ4n) is 3.06. The molecule has 31 heavy (non-hydrogen) atoms. The molecule has 158 valence electrons. The SMILES string of the molecule is CN=C(NCCc1coc(-c2ccc(C)cc2)n1)NCc1coc(-c2ccccc2)n1. The van der Waals surface area contributed by atoms with Gasteiger partial charge in [0.05, 0.1) is 17.9 Å². The van der Waals surface area contributed by atoms with Gasteiger partial charge in [-0.3, -0.25) is 4.99 Å². The average Bonchev–Trinajstić information content (AvgIpc) is 3.47. The molecule has 2 heterocycles. The maximum atomic E-state index is 5.62. The van der Waals surface area contributed by atoms with Crippen LogP contribution in [0.15, 0.2) is 81.0 Å². The fourth-order valence-corrected chi connectivity index (χ4v) is 3.06. The molecule has 0 unspecified atom stereocenters. The van der Waals surface area contributed by atoms with Crippen LogP contribution < -0.4 is 10.6 Å². The average molecular weight is 415 g/mol. The van der Waals surface area contributed by atoms with Crippen molar-refractivity contribution in [1.29, 1.82) is 0 Å². The minimum atomic E-state index is 0.511. The summed E-state index contributed by atoms with van der Waals surface area (Å²) in [5.74, 6) is 1.93. The van der Waals surface area contributed by atoms with Gasteiger partial charge in [0.1, 0.15) is 12.5 Å². The molecular formula is C24H25N5O2. The number of oxazole rings is 2. The summed E-state index contributed by atoms with van der Waals surface area (Å²) >= 11 is 0. The lowest BCUT2D eigenvalue weighted by atomic mass is 10.1. The van der Waals surface area contributed by atoms with E-state index in [4.69, 9.17) is 8.83 Å². The van der Waals surface area contributed by atoms with Crippen LogP contribution in [-0.2, 0) is 13.0 Å². The molecule has 0 spiro atoms. The van der Waals surface area contributed by atoms with Crippen molar-refractivity contribution in [3.8, 4) is 22.9 Å². The molecule has 0 bridgehead atoms. The van der Waals surface area contributed by atoms with Crippen LogP contribution in [0.5, 0.6) is 0 Å². The van der Waals surface area contributed by atoms with Crippen molar-refractivity contribution < 1.29 is 8.83 Å². The van der Waals surface area contributed by atoms with Crippen LogP contribution in [0.25, 0.3) is 22.9 Å². The van der Waals surface area contributed by atoms with Gasteiger partial charge in [0.15, 0.2) is 5.96 Å². The molecule has 0 aliphatic carbocycles. The molecule has 0 aliphatic heterocycles. The maximum absolute atomic E-state index is 5.62. The topological polar surface area (TPSA) is 88.5 Å². The minimum Gasteiger partial charge on any atom is -0.444 e. The third-order valence-electron chi connectivity index (χ3n) is 4.76. The van der Waals surface area contributed by atoms with Gasteiger partial charge >= 0.3 is 0 Å². The van der Waals surface area contributed by atoms with E-state index in [1.54, 1.807) is 19.6 Å². The molecule has 0 fully saturated rings. The lowest BCUT2D eigenvalue weighted by Gasteiger charge is -2.09. The number of guanidine groups is 1. The number of hydrogen-bond donors (Lipinski definition) is 2. The second-order valence-electron chi connectivity index (χ2n) is 7.12. The molecule has 0 aliphatic rings. The van der Waals surface area contributed by atoms with E-state index in [2.05, 4.69) is 32.5 Å². The highest BCUT2D eigenvalue weighted by Gasteiger charge is 2.09. The molecular weight excluding hydrogens is 390 g/mol. The van der Waals surface area contributed by atoms with Crippen LogP contribution in [-0.4, -0.2) is 29.5 Å². The first-order valence-electron chi connectivity index (χ1n) is 10.2. The van der Waals surface area contributed by atoms with Gasteiger partial charge in [0.25, 0.3) is 0 Å². The number of aryl methyl sites for hydroxylation is 1. The summed E-state index contributed by atoms with van der Waals surface area (Å²) < 4.78 is 11.2. The van der Waals surface area contributed by atoms with Gasteiger partial charge in [-0.1, -0.05) is 35.9 Å². The standard InChI is InChI=1S/C24H25N5O2/c1-17-8-10-19(11-9-17)23-28-20(15-30-23)12-13-26-24(25-2)27-14-21-16-31-22(29-21)18-6-4-3-5-7-18/h3-11,15-16H,12-14H2,1-2H3,(H2,25,26,27). The molecule has 4 aromatic rings. The Bertz CT molecular complexity index is 1130. The highest BCUT2D eigenvalue weighted by atomic mass is 16.3. The summed E-state index contributed by atoms with van der Waals surface area (Å²) in [6, 6.07) is 18.0. The predicted molar refractivity (Wildman–Crippen MR) is 121 cm³/mol. The second-order valence-corrected chi connectivity index (χ2v) is 7.12. The lowest BCUT2D eigenvalue weighted by Crippen LogP contribution is -2.37. The van der Waals surface area contributed by atoms with E-state index in [-0.39, 0.29) is 0 Å². The molecule has 7 nitrogen and oxygen atoms in total. The zero-order valence-electron chi connectivity index (χ0n) is 17.6. The number of nitrogens with zero attached hydrogens (tertiary/aromatic N) is 3. The first-order valence-corrected chi connectivity index (χ1v) is 10.2. The van der Waals surface area contributed by atoms with Crippen LogP contribution >= 0.6 is 0 Å². The van der Waals surface area contributed by atoms with Gasteiger partial charge < -0.3 is 19.5 Å². The van der Waals surface area contributed by atoms with Crippen molar-refractivity contribution in [2.75, 3.05) is 13.6 Å². The molecule has 0 radical (unpaired) electrons. The Morgan fingerprint density at radius 3 is 2.19 bits per heavy atom. The molecule has 0 amide bonds. The smallest absolute Gasteiger partial charge is 0.226 e. The molecule has 0 saturated heterocycles. The van der Waals surface area contributed by atoms with Crippen molar-refractivity contribution in [2.45, 2.75) is 19.9 Å². The largest absolute Gasteiger partial charge is 0.444 e. The zero-order valence-corrected chi connectivity index (χ0v) is 17.6. The van der Waals surface area contributed by atoms with Crippen molar-refractivity contribution in [3.05, 3.63) is 84.1 Å². The summed E-state index contributed by atoms with van der Waals surface area (Å²) in [5.41, 5.74) is 4.84. The van der Waals surface area contributed by atoms with E-state index in [9.17, 15) is 0 Å². The number of rotatable bonds is 7. The molecule has 0 saturated carbocycles. The fraction of sp³-hybridized carbons (Fsp3) is 0.208. The van der Waals surface area contributed by atoms with Gasteiger partial charge in [-0.2, -0.15) is 0 Å². The monoisotopic (exact) mass is 415 g/mol. The van der Waals surface area contributed by atoms with Crippen molar-refractivity contribution in [2.24, 2.45) is 4.99 Å². The molecule has 2 aromatic heterocycles. The maximum Gasteiger partial charge on any atom is 0.226 e. The van der Waals surface area contributed by atoms with Crippen LogP contribution in [0, 0.1) is 6.92 Å². The summed E-state index contributed by atoms with van der Waals surface area (Å²) in [4.78, 5) is 13.3. The Labute approximate surface area is 181 Å². The number of nitrogens with one attached hydrogen (secondary N) is 2. The Hall–Kier alpha value is -3.87. The number of aromatic nitrogens is 2. The lowest BCUT2D eigenvalue weighted by molar-refractivity contribution is 0.571. The predicted octanol–water partition coefficient (Wildman–Crippen LogP) is 4.21. The second kappa shape index (κ2) is 9.75. The van der Waals surface area contributed by atoms with Gasteiger partial charge in [-0.15, -0.1) is 0 Å². The number of aliphatic imine (C=N–C) groups is 1. The zero-order chi connectivity index (χ0) is 21.5. The van der Waals surface area contributed by atoms with E-state index in [0.717, 1.165) is 28.9 Å². The van der Waals surface area contributed by atoms with Gasteiger partial charge in [0, 0.05) is 31.1 Å². The normalized spacial score (nSPS) is 11.5. The quantitative estimate of drug-likeness (QED) is 0.347. The van der Waals surface area contributed by atoms with Gasteiger partial charge in [-0.05, 0) is 31.2 Å². The molecule has 0 atom stereocenters. The molecule has 2 N–H and O–H groups in total. The minimum absolute atomic E-state index is 0.511. The summed E-state index contributed by atoms with van der Waals surface area (Å²) in [5, 5.41) is 6.53. The summed E-state index contributed by atoms with van der Waals surface area (Å²) in [6.45, 7) is 3.24. The Morgan fingerprint density at radius 2 is 1.48 bits per heavy atom. The van der Waals surface area contributed by atoms with Gasteiger partial charge in [-0.25, -0.2) is 9.97 Å². The Kier molecular flexibility index (Phi) is 6.42. The van der Waals surface area contributed by atoms with E-state index in [1.165, 1.54) is 5.56 Å². The highest BCUT2D eigenvalue weighted by Crippen LogP contribution is 2.19. The molecule has 4 rings (SSSR count). The van der Waals surface area contributed by atoms with Crippen LogP contribution in [0.1, 0.15) is 17.0 Å². The molecule has 7 heteroatoms. The first kappa shape index (κ1) is 20.4. The Morgan fingerprint density at radius 1 is 0.839 bits per heavy atom. The van der Waals surface area contributed by atoms with Crippen LogP contribution in [0.2, 0.25) is 0 Å². The third-order valence-corrected chi connectivity index (χ3v) is 4.76. The first-order chi connectivity index (χ1) is 15.2. The number of benzene rings is 2. The van der Waals surface area contributed by atoms with Gasteiger partial charge in [0.2, 0.25) is 11.8 Å². The van der Waals surface area contributed by atoms with Crippen LogP contribution in [0.4, 0.5) is 0 Å². The van der Waals surface area contributed by atoms with E-state index >= 15 is 0 Å². The number of hydrogen-bond acceptors (Lipinski definition) is 5. The van der Waals surface area contributed by atoms with E-state index in [1.807, 2.05) is 54.6 Å². The van der Waals surface area contributed by atoms with Crippen LogP contribution in [0.3, 0.4) is 0 Å². The Balaban J connectivity index is 1.25. The summed E-state index contributed by atoms with van der Waals surface area (Å²) in [6.07, 6.45) is 4.08. The van der Waals surface area contributed by atoms with E-state index in [0.29, 0.717) is 30.8 Å². The van der Waals surface area contributed by atoms with Crippen molar-refractivity contribution >= 4 is 5.96 Å². The third kappa shape index (κ3) is 5.39. The van der Waals surface area contributed by atoms with Crippen molar-refractivity contribution in [1.82, 2.24) is 20.6 Å².